The maximum Gasteiger partial charge on any atom is 0.262 e. The number of hydrogen-bond acceptors (Lipinski definition) is 6. The first-order chi connectivity index (χ1) is 15.5. The minimum absolute atomic E-state index is 0.366. The number of carbonyl (C=O) groups is 2. The van der Waals surface area contributed by atoms with Gasteiger partial charge in [0, 0.05) is 11.1 Å². The number of unbranched alkanes of at least 4 members (excludes halogenated alkanes) is 2. The van der Waals surface area contributed by atoms with Crippen molar-refractivity contribution in [3.8, 4) is 17.2 Å². The van der Waals surface area contributed by atoms with Crippen LogP contribution in [-0.2, 0) is 4.79 Å². The molecule has 2 N–H and O–H groups in total. The Hall–Kier alpha value is -3.55. The summed E-state index contributed by atoms with van der Waals surface area (Å²) in [6.07, 6.45) is 4.61. The molecule has 0 fully saturated rings. The number of rotatable bonds is 12. The molecular formula is C24H31N3O5. The van der Waals surface area contributed by atoms with E-state index in [0.717, 1.165) is 19.3 Å². The predicted molar refractivity (Wildman–Crippen MR) is 124 cm³/mol. The predicted octanol–water partition coefficient (Wildman–Crippen LogP) is 3.54. The molecule has 0 radical (unpaired) electrons. The Morgan fingerprint density at radius 2 is 1.81 bits per heavy atom. The van der Waals surface area contributed by atoms with E-state index in [2.05, 4.69) is 22.8 Å². The van der Waals surface area contributed by atoms with Crippen LogP contribution in [0.4, 0.5) is 0 Å². The monoisotopic (exact) mass is 441 g/mol. The highest BCUT2D eigenvalue weighted by molar-refractivity contribution is 5.97. The second-order valence-electron chi connectivity index (χ2n) is 7.09. The van der Waals surface area contributed by atoms with E-state index in [4.69, 9.17) is 14.2 Å². The van der Waals surface area contributed by atoms with Crippen LogP contribution in [0.25, 0.3) is 0 Å². The number of hydrogen-bond donors (Lipinski definition) is 2. The number of nitrogens with zero attached hydrogens (tertiary/aromatic N) is 1. The van der Waals surface area contributed by atoms with Crippen LogP contribution in [0.2, 0.25) is 0 Å². The summed E-state index contributed by atoms with van der Waals surface area (Å²) in [4.78, 5) is 24.7. The fraction of sp³-hybridized carbons (Fsp3) is 0.375. The van der Waals surface area contributed by atoms with Gasteiger partial charge in [-0.25, -0.2) is 5.43 Å². The van der Waals surface area contributed by atoms with Gasteiger partial charge in [-0.15, -0.1) is 0 Å². The van der Waals surface area contributed by atoms with Gasteiger partial charge in [0.15, 0.2) is 11.5 Å². The van der Waals surface area contributed by atoms with Crippen molar-refractivity contribution in [1.82, 2.24) is 10.7 Å². The molecule has 0 aliphatic rings. The Balaban J connectivity index is 1.96. The zero-order chi connectivity index (χ0) is 23.3. The first-order valence-corrected chi connectivity index (χ1v) is 10.6. The minimum atomic E-state index is -0.781. The molecule has 8 nitrogen and oxygen atoms in total. The molecule has 172 valence electrons. The summed E-state index contributed by atoms with van der Waals surface area (Å²) >= 11 is 0. The molecule has 2 aromatic rings. The molecule has 0 spiro atoms. The van der Waals surface area contributed by atoms with Crippen LogP contribution in [0.3, 0.4) is 0 Å². The van der Waals surface area contributed by atoms with Crippen molar-refractivity contribution in [2.24, 2.45) is 5.10 Å². The first kappa shape index (κ1) is 24.7. The molecule has 0 aliphatic heterocycles. The molecule has 32 heavy (non-hydrogen) atoms. The zero-order valence-corrected chi connectivity index (χ0v) is 19.0. The molecule has 1 atom stereocenters. The highest BCUT2D eigenvalue weighted by Gasteiger charge is 2.16. The van der Waals surface area contributed by atoms with Crippen LogP contribution in [-0.4, -0.2) is 44.9 Å². The quantitative estimate of drug-likeness (QED) is 0.298. The lowest BCUT2D eigenvalue weighted by atomic mass is 10.2. The molecule has 2 rings (SSSR count). The summed E-state index contributed by atoms with van der Waals surface area (Å²) in [7, 11) is 3.12. The second-order valence-corrected chi connectivity index (χ2v) is 7.09. The van der Waals surface area contributed by atoms with Crippen molar-refractivity contribution in [2.45, 2.75) is 39.2 Å². The van der Waals surface area contributed by atoms with E-state index in [1.165, 1.54) is 6.21 Å². The van der Waals surface area contributed by atoms with Crippen LogP contribution >= 0.6 is 0 Å². The Morgan fingerprint density at radius 1 is 1.06 bits per heavy atom. The average Bonchev–Trinajstić information content (AvgIpc) is 2.82. The lowest BCUT2D eigenvalue weighted by Gasteiger charge is -2.14. The molecule has 0 heterocycles. The summed E-state index contributed by atoms with van der Waals surface area (Å²) in [5.41, 5.74) is 3.55. The van der Waals surface area contributed by atoms with Crippen LogP contribution in [0, 0.1) is 0 Å². The zero-order valence-electron chi connectivity index (χ0n) is 19.0. The lowest BCUT2D eigenvalue weighted by Crippen LogP contribution is -2.43. The minimum Gasteiger partial charge on any atom is -0.497 e. The second kappa shape index (κ2) is 13.0. The smallest absolute Gasteiger partial charge is 0.262 e. The number of hydrazone groups is 1. The number of carbonyl (C=O) groups excluding carboxylic acids is 2. The Labute approximate surface area is 188 Å². The molecule has 0 saturated carbocycles. The van der Waals surface area contributed by atoms with Crippen LogP contribution < -0.4 is 25.0 Å². The van der Waals surface area contributed by atoms with Gasteiger partial charge in [0.1, 0.15) is 11.8 Å². The molecule has 0 bridgehead atoms. The number of amides is 2. The van der Waals surface area contributed by atoms with Crippen molar-refractivity contribution in [2.75, 3.05) is 20.8 Å². The lowest BCUT2D eigenvalue weighted by molar-refractivity contribution is -0.122. The molecule has 0 aliphatic carbocycles. The molecule has 1 unspecified atom stereocenters. The maximum atomic E-state index is 12.3. The molecule has 2 aromatic carbocycles. The van der Waals surface area contributed by atoms with Gasteiger partial charge < -0.3 is 19.5 Å². The number of nitrogens with one attached hydrogen (secondary N) is 2. The van der Waals surface area contributed by atoms with E-state index in [-0.39, 0.29) is 5.91 Å². The van der Waals surface area contributed by atoms with E-state index in [0.29, 0.717) is 35.0 Å². The molecule has 0 saturated heterocycles. The fourth-order valence-corrected chi connectivity index (χ4v) is 2.83. The van der Waals surface area contributed by atoms with Crippen LogP contribution in [0.15, 0.2) is 47.6 Å². The van der Waals surface area contributed by atoms with Crippen LogP contribution in [0.5, 0.6) is 17.2 Å². The van der Waals surface area contributed by atoms with Gasteiger partial charge in [-0.2, -0.15) is 5.10 Å². The van der Waals surface area contributed by atoms with Gasteiger partial charge >= 0.3 is 0 Å². The first-order valence-electron chi connectivity index (χ1n) is 10.6. The largest absolute Gasteiger partial charge is 0.497 e. The van der Waals surface area contributed by atoms with Crippen molar-refractivity contribution in [3.63, 3.8) is 0 Å². The Bertz CT molecular complexity index is 912. The molecule has 0 aromatic heterocycles. The highest BCUT2D eigenvalue weighted by atomic mass is 16.5. The third-order valence-corrected chi connectivity index (χ3v) is 4.70. The standard InChI is InChI=1S/C24H31N3O5/c1-5-6-7-15-32-22-19(9-8-10-21(22)31-4)16-25-27-23(28)17(2)26-24(29)18-11-13-20(30-3)14-12-18/h8-14,16-17H,5-7,15H2,1-4H3,(H,26,29)(H,27,28). The summed E-state index contributed by atoms with van der Waals surface area (Å²) < 4.78 is 16.3. The van der Waals surface area contributed by atoms with Crippen molar-refractivity contribution < 1.29 is 23.8 Å². The van der Waals surface area contributed by atoms with Gasteiger partial charge in [-0.05, 0) is 49.7 Å². The maximum absolute atomic E-state index is 12.3. The van der Waals surface area contributed by atoms with E-state index >= 15 is 0 Å². The number of ether oxygens (including phenoxy) is 3. The van der Waals surface area contributed by atoms with Gasteiger partial charge in [0.05, 0.1) is 27.0 Å². The van der Waals surface area contributed by atoms with Gasteiger partial charge in [-0.1, -0.05) is 25.8 Å². The van der Waals surface area contributed by atoms with Gasteiger partial charge in [-0.3, -0.25) is 9.59 Å². The fourth-order valence-electron chi connectivity index (χ4n) is 2.83. The summed E-state index contributed by atoms with van der Waals surface area (Å²) in [6.45, 7) is 4.28. The highest BCUT2D eigenvalue weighted by Crippen LogP contribution is 2.30. The average molecular weight is 442 g/mol. The van der Waals surface area contributed by atoms with Crippen molar-refractivity contribution in [3.05, 3.63) is 53.6 Å². The third kappa shape index (κ3) is 7.30. The summed E-state index contributed by atoms with van der Waals surface area (Å²) in [5.74, 6) is 1.00. The summed E-state index contributed by atoms with van der Waals surface area (Å²) in [6, 6.07) is 11.3. The molecule has 2 amide bonds. The van der Waals surface area contributed by atoms with Gasteiger partial charge in [0.2, 0.25) is 0 Å². The third-order valence-electron chi connectivity index (χ3n) is 4.70. The number of benzene rings is 2. The normalized spacial score (nSPS) is 11.6. The topological polar surface area (TPSA) is 98.2 Å². The number of para-hydroxylation sites is 1. The van der Waals surface area contributed by atoms with Crippen molar-refractivity contribution >= 4 is 18.0 Å². The summed E-state index contributed by atoms with van der Waals surface area (Å²) in [5, 5.41) is 6.66. The van der Waals surface area contributed by atoms with Gasteiger partial charge in [0.25, 0.3) is 11.8 Å². The Morgan fingerprint density at radius 3 is 2.47 bits per heavy atom. The van der Waals surface area contributed by atoms with Crippen molar-refractivity contribution in [1.29, 1.82) is 0 Å². The van der Waals surface area contributed by atoms with Crippen LogP contribution in [0.1, 0.15) is 49.0 Å². The molecule has 8 heteroatoms. The van der Waals surface area contributed by atoms with E-state index < -0.39 is 11.9 Å². The van der Waals surface area contributed by atoms with E-state index in [1.54, 1.807) is 45.4 Å². The van der Waals surface area contributed by atoms with E-state index in [9.17, 15) is 9.59 Å². The molecular weight excluding hydrogens is 410 g/mol. The number of methoxy groups -OCH3 is 2. The Kier molecular flexibility index (Phi) is 10.0. The SMILES string of the molecule is CCCCCOc1c(C=NNC(=O)C(C)NC(=O)c2ccc(OC)cc2)cccc1OC. The van der Waals surface area contributed by atoms with E-state index in [1.807, 2.05) is 18.2 Å².